The van der Waals surface area contributed by atoms with Gasteiger partial charge in [-0.25, -0.2) is 0 Å². The highest BCUT2D eigenvalue weighted by atomic mass is 16.5. The Bertz CT molecular complexity index is 347. The third kappa shape index (κ3) is 7.64. The highest BCUT2D eigenvalue weighted by molar-refractivity contribution is 5.81. The second kappa shape index (κ2) is 11.3. The molecule has 0 radical (unpaired) electrons. The molecular weight excluding hydrogens is 280 g/mol. The summed E-state index contributed by atoms with van der Waals surface area (Å²) in [5.41, 5.74) is 0. The van der Waals surface area contributed by atoms with Crippen LogP contribution in [0.15, 0.2) is 4.99 Å². The molecule has 0 aromatic rings. The number of nitrogens with zero attached hydrogens (tertiary/aromatic N) is 2. The Kier molecular flexibility index (Phi) is 9.62. The predicted molar refractivity (Wildman–Crippen MR) is 90.1 cm³/mol. The molecule has 6 heteroatoms. The van der Waals surface area contributed by atoms with Crippen molar-refractivity contribution in [3.8, 4) is 0 Å². The maximum absolute atomic E-state index is 12.2. The second-order valence-corrected chi connectivity index (χ2v) is 5.72. The van der Waals surface area contributed by atoms with E-state index in [0.717, 1.165) is 32.0 Å². The van der Waals surface area contributed by atoms with Gasteiger partial charge in [0.1, 0.15) is 0 Å². The SMILES string of the molecule is CCNC(=NCCOCC)NCCC(=O)N1CCCC(C)C1. The number of aliphatic imine (C=N–C) groups is 1. The summed E-state index contributed by atoms with van der Waals surface area (Å²) in [6.07, 6.45) is 2.88. The summed E-state index contributed by atoms with van der Waals surface area (Å²) in [6, 6.07) is 0. The Hall–Kier alpha value is -1.30. The van der Waals surface area contributed by atoms with Gasteiger partial charge in [0, 0.05) is 39.2 Å². The van der Waals surface area contributed by atoms with E-state index in [2.05, 4.69) is 22.5 Å². The molecule has 1 amide bonds. The molecule has 0 spiro atoms. The Morgan fingerprint density at radius 3 is 2.86 bits per heavy atom. The zero-order valence-electron chi connectivity index (χ0n) is 14.4. The van der Waals surface area contributed by atoms with Crippen molar-refractivity contribution in [2.45, 2.75) is 40.0 Å². The topological polar surface area (TPSA) is 66.0 Å². The minimum atomic E-state index is 0.240. The van der Waals surface area contributed by atoms with Gasteiger partial charge in [0.05, 0.1) is 13.2 Å². The zero-order chi connectivity index (χ0) is 16.2. The van der Waals surface area contributed by atoms with Crippen molar-refractivity contribution in [3.05, 3.63) is 0 Å². The van der Waals surface area contributed by atoms with Crippen molar-refractivity contribution in [1.29, 1.82) is 0 Å². The molecule has 2 N–H and O–H groups in total. The highest BCUT2D eigenvalue weighted by Gasteiger charge is 2.20. The van der Waals surface area contributed by atoms with Crippen LogP contribution in [-0.4, -0.2) is 62.7 Å². The number of hydrogen-bond donors (Lipinski definition) is 2. The monoisotopic (exact) mass is 312 g/mol. The lowest BCUT2D eigenvalue weighted by Crippen LogP contribution is -2.42. The van der Waals surface area contributed by atoms with Gasteiger partial charge in [-0.2, -0.15) is 0 Å². The second-order valence-electron chi connectivity index (χ2n) is 5.72. The fourth-order valence-electron chi connectivity index (χ4n) is 2.57. The van der Waals surface area contributed by atoms with Gasteiger partial charge in [-0.1, -0.05) is 6.92 Å². The summed E-state index contributed by atoms with van der Waals surface area (Å²) >= 11 is 0. The smallest absolute Gasteiger partial charge is 0.224 e. The number of rotatable bonds is 8. The standard InChI is InChI=1S/C16H32N4O2/c1-4-17-16(19-10-12-22-5-2)18-9-8-15(21)20-11-6-7-14(3)13-20/h14H,4-13H2,1-3H3,(H2,17,18,19). The number of carbonyl (C=O) groups excluding carboxylic acids is 1. The van der Waals surface area contributed by atoms with Gasteiger partial charge in [0.2, 0.25) is 5.91 Å². The van der Waals surface area contributed by atoms with Crippen LogP contribution in [-0.2, 0) is 9.53 Å². The van der Waals surface area contributed by atoms with Crippen molar-refractivity contribution in [2.24, 2.45) is 10.9 Å². The van der Waals surface area contributed by atoms with Gasteiger partial charge in [0.15, 0.2) is 5.96 Å². The van der Waals surface area contributed by atoms with Gasteiger partial charge in [-0.3, -0.25) is 9.79 Å². The molecule has 1 aliphatic rings. The van der Waals surface area contributed by atoms with Gasteiger partial charge in [-0.15, -0.1) is 0 Å². The van der Waals surface area contributed by atoms with E-state index in [1.165, 1.54) is 6.42 Å². The fraction of sp³-hybridized carbons (Fsp3) is 0.875. The van der Waals surface area contributed by atoms with Crippen LogP contribution >= 0.6 is 0 Å². The van der Waals surface area contributed by atoms with Crippen LogP contribution in [0.3, 0.4) is 0 Å². The molecule has 0 aromatic carbocycles. The number of carbonyl (C=O) groups is 1. The quantitative estimate of drug-likeness (QED) is 0.402. The molecule has 0 bridgehead atoms. The lowest BCUT2D eigenvalue weighted by molar-refractivity contribution is -0.132. The number of amides is 1. The van der Waals surface area contributed by atoms with Crippen molar-refractivity contribution in [2.75, 3.05) is 45.9 Å². The molecule has 0 aliphatic carbocycles. The Balaban J connectivity index is 2.27. The Morgan fingerprint density at radius 2 is 2.18 bits per heavy atom. The van der Waals surface area contributed by atoms with Crippen molar-refractivity contribution >= 4 is 11.9 Å². The molecule has 0 aromatic heterocycles. The average molecular weight is 312 g/mol. The number of guanidine groups is 1. The van der Waals surface area contributed by atoms with Crippen LogP contribution in [0.25, 0.3) is 0 Å². The minimum Gasteiger partial charge on any atom is -0.380 e. The molecule has 1 rings (SSSR count). The van der Waals surface area contributed by atoms with E-state index in [4.69, 9.17) is 4.74 Å². The van der Waals surface area contributed by atoms with Crippen LogP contribution in [0.1, 0.15) is 40.0 Å². The third-order valence-electron chi connectivity index (χ3n) is 3.69. The molecule has 1 heterocycles. The molecule has 1 saturated heterocycles. The van der Waals surface area contributed by atoms with Crippen LogP contribution in [0.2, 0.25) is 0 Å². The summed E-state index contributed by atoms with van der Waals surface area (Å²) in [5, 5.41) is 6.39. The lowest BCUT2D eigenvalue weighted by atomic mass is 10.00. The van der Waals surface area contributed by atoms with E-state index >= 15 is 0 Å². The molecule has 128 valence electrons. The molecule has 6 nitrogen and oxygen atoms in total. The molecule has 1 aliphatic heterocycles. The van der Waals surface area contributed by atoms with E-state index in [9.17, 15) is 4.79 Å². The van der Waals surface area contributed by atoms with Crippen molar-refractivity contribution in [1.82, 2.24) is 15.5 Å². The maximum Gasteiger partial charge on any atom is 0.224 e. The lowest BCUT2D eigenvalue weighted by Gasteiger charge is -2.31. The highest BCUT2D eigenvalue weighted by Crippen LogP contribution is 2.15. The number of likely N-dealkylation sites (tertiary alicyclic amines) is 1. The van der Waals surface area contributed by atoms with Crippen LogP contribution in [0.4, 0.5) is 0 Å². The maximum atomic E-state index is 12.2. The summed E-state index contributed by atoms with van der Waals surface area (Å²) < 4.78 is 5.27. The van der Waals surface area contributed by atoms with E-state index in [0.29, 0.717) is 38.6 Å². The van der Waals surface area contributed by atoms with Gasteiger partial charge in [-0.05, 0) is 32.6 Å². The third-order valence-corrected chi connectivity index (χ3v) is 3.69. The molecule has 1 fully saturated rings. The fourth-order valence-corrected chi connectivity index (χ4v) is 2.57. The average Bonchev–Trinajstić information content (AvgIpc) is 2.51. The largest absolute Gasteiger partial charge is 0.380 e. The molecule has 22 heavy (non-hydrogen) atoms. The van der Waals surface area contributed by atoms with Crippen molar-refractivity contribution in [3.63, 3.8) is 0 Å². The number of ether oxygens (including phenoxy) is 1. The van der Waals surface area contributed by atoms with Crippen LogP contribution < -0.4 is 10.6 Å². The summed E-state index contributed by atoms with van der Waals surface area (Å²) in [7, 11) is 0. The van der Waals surface area contributed by atoms with Gasteiger partial charge < -0.3 is 20.3 Å². The van der Waals surface area contributed by atoms with E-state index in [1.54, 1.807) is 0 Å². The van der Waals surface area contributed by atoms with Crippen LogP contribution in [0.5, 0.6) is 0 Å². The van der Waals surface area contributed by atoms with E-state index in [1.807, 2.05) is 18.7 Å². The number of piperidine rings is 1. The molecule has 0 saturated carbocycles. The Labute approximate surface area is 134 Å². The first-order valence-electron chi connectivity index (χ1n) is 8.55. The summed E-state index contributed by atoms with van der Waals surface area (Å²) in [5.74, 6) is 1.62. The summed E-state index contributed by atoms with van der Waals surface area (Å²) in [6.45, 7) is 11.4. The Morgan fingerprint density at radius 1 is 1.36 bits per heavy atom. The first kappa shape index (κ1) is 18.7. The van der Waals surface area contributed by atoms with Crippen molar-refractivity contribution < 1.29 is 9.53 Å². The van der Waals surface area contributed by atoms with E-state index in [-0.39, 0.29) is 5.91 Å². The van der Waals surface area contributed by atoms with Gasteiger partial charge >= 0.3 is 0 Å². The molecule has 1 unspecified atom stereocenters. The minimum absolute atomic E-state index is 0.240. The molecule has 1 atom stereocenters. The predicted octanol–water partition coefficient (Wildman–Crippen LogP) is 1.23. The first-order valence-corrected chi connectivity index (χ1v) is 8.55. The zero-order valence-corrected chi connectivity index (χ0v) is 14.4. The van der Waals surface area contributed by atoms with E-state index < -0.39 is 0 Å². The number of nitrogens with one attached hydrogen (secondary N) is 2. The molecular formula is C16H32N4O2. The summed E-state index contributed by atoms with van der Waals surface area (Å²) in [4.78, 5) is 18.6. The first-order chi connectivity index (χ1) is 10.7. The van der Waals surface area contributed by atoms with Crippen LogP contribution in [0, 0.1) is 5.92 Å². The normalized spacial score (nSPS) is 19.1. The number of hydrogen-bond acceptors (Lipinski definition) is 3. The van der Waals surface area contributed by atoms with Gasteiger partial charge in [0.25, 0.3) is 0 Å².